The van der Waals surface area contributed by atoms with Crippen LogP contribution in [0.2, 0.25) is 0 Å². The second-order valence-electron chi connectivity index (χ2n) is 4.76. The lowest BCUT2D eigenvalue weighted by Gasteiger charge is -2.18. The van der Waals surface area contributed by atoms with Crippen molar-refractivity contribution in [3.63, 3.8) is 0 Å². The number of aromatic nitrogens is 5. The van der Waals surface area contributed by atoms with Gasteiger partial charge in [-0.15, -0.1) is 14.8 Å². The molecule has 0 saturated carbocycles. The van der Waals surface area contributed by atoms with Gasteiger partial charge >= 0.3 is 0 Å². The Hall–Kier alpha value is -2.50. The maximum atomic E-state index is 4.34. The van der Waals surface area contributed by atoms with Crippen molar-refractivity contribution >= 4 is 11.5 Å². The zero-order chi connectivity index (χ0) is 13.9. The van der Waals surface area contributed by atoms with Crippen LogP contribution in [0.5, 0.6) is 0 Å². The van der Waals surface area contributed by atoms with Crippen molar-refractivity contribution in [2.75, 3.05) is 5.32 Å². The topological polar surface area (TPSA) is 68.0 Å². The summed E-state index contributed by atoms with van der Waals surface area (Å²) in [6, 6.07) is 12.5. The van der Waals surface area contributed by atoms with Gasteiger partial charge in [0.2, 0.25) is 0 Å². The second-order valence-corrected chi connectivity index (χ2v) is 4.76. The Balaban J connectivity index is 1.84. The Morgan fingerprint density at radius 2 is 1.95 bits per heavy atom. The summed E-state index contributed by atoms with van der Waals surface area (Å²) < 4.78 is 1.42. The number of nitrogens with zero attached hydrogens (tertiary/aromatic N) is 5. The van der Waals surface area contributed by atoms with Crippen molar-refractivity contribution in [3.05, 3.63) is 47.5 Å². The van der Waals surface area contributed by atoms with Crippen molar-refractivity contribution in [3.8, 4) is 0 Å². The molecule has 102 valence electrons. The first-order chi connectivity index (χ1) is 9.76. The van der Waals surface area contributed by atoms with Gasteiger partial charge in [0.15, 0.2) is 5.65 Å². The quantitative estimate of drug-likeness (QED) is 0.787. The molecule has 0 spiro atoms. The van der Waals surface area contributed by atoms with Crippen LogP contribution < -0.4 is 5.32 Å². The van der Waals surface area contributed by atoms with Gasteiger partial charge in [0.05, 0.1) is 6.04 Å². The van der Waals surface area contributed by atoms with Crippen LogP contribution in [0, 0.1) is 6.92 Å². The van der Waals surface area contributed by atoms with Crippen molar-refractivity contribution in [1.82, 2.24) is 25.3 Å². The van der Waals surface area contributed by atoms with Crippen LogP contribution in [0.1, 0.15) is 30.5 Å². The summed E-state index contributed by atoms with van der Waals surface area (Å²) in [6.45, 7) is 4.23. The lowest BCUT2D eigenvalue weighted by molar-refractivity contribution is 0.707. The smallest absolute Gasteiger partial charge is 0.200 e. The molecule has 20 heavy (non-hydrogen) atoms. The molecule has 1 N–H and O–H groups in total. The molecule has 0 radical (unpaired) electrons. The van der Waals surface area contributed by atoms with Gasteiger partial charge in [-0.2, -0.15) is 0 Å². The summed E-state index contributed by atoms with van der Waals surface area (Å²) in [4.78, 5) is 0. The third kappa shape index (κ3) is 2.45. The number of tetrazole rings is 1. The SMILES string of the molecule is CC[C@H](Nc1ccc2nnnn2n1)c1ccc(C)cc1. The molecule has 2 aromatic heterocycles. The first-order valence-corrected chi connectivity index (χ1v) is 6.65. The highest BCUT2D eigenvalue weighted by molar-refractivity contribution is 5.44. The minimum Gasteiger partial charge on any atom is -0.362 e. The standard InChI is InChI=1S/C14H16N6/c1-3-12(11-6-4-10(2)5-7-11)15-13-8-9-14-16-18-19-20(14)17-13/h4-9,12H,3H2,1-2H3,(H,15,17)/t12-/m0/s1. The predicted octanol–water partition coefficient (Wildman–Crippen LogP) is 2.39. The Morgan fingerprint density at radius 1 is 1.15 bits per heavy atom. The fourth-order valence-electron chi connectivity index (χ4n) is 2.12. The molecule has 0 unspecified atom stereocenters. The number of rotatable bonds is 4. The number of benzene rings is 1. The zero-order valence-corrected chi connectivity index (χ0v) is 11.5. The molecule has 0 aliphatic rings. The van der Waals surface area contributed by atoms with Crippen molar-refractivity contribution in [1.29, 1.82) is 0 Å². The highest BCUT2D eigenvalue weighted by Crippen LogP contribution is 2.21. The second kappa shape index (κ2) is 5.24. The molecule has 0 amide bonds. The Morgan fingerprint density at radius 3 is 2.70 bits per heavy atom. The molecule has 0 aliphatic heterocycles. The van der Waals surface area contributed by atoms with Gasteiger partial charge in [-0.1, -0.05) is 36.8 Å². The van der Waals surface area contributed by atoms with E-state index in [1.165, 1.54) is 15.8 Å². The van der Waals surface area contributed by atoms with E-state index in [4.69, 9.17) is 0 Å². The summed E-state index contributed by atoms with van der Waals surface area (Å²) >= 11 is 0. The summed E-state index contributed by atoms with van der Waals surface area (Å²) in [5.41, 5.74) is 3.15. The van der Waals surface area contributed by atoms with E-state index in [2.05, 4.69) is 64.1 Å². The van der Waals surface area contributed by atoms with Gasteiger partial charge in [0.25, 0.3) is 0 Å². The van der Waals surface area contributed by atoms with Crippen molar-refractivity contribution < 1.29 is 0 Å². The maximum Gasteiger partial charge on any atom is 0.200 e. The maximum absolute atomic E-state index is 4.34. The molecule has 3 rings (SSSR count). The van der Waals surface area contributed by atoms with Crippen LogP contribution >= 0.6 is 0 Å². The van der Waals surface area contributed by atoms with Crippen LogP contribution in [0.4, 0.5) is 5.82 Å². The molecule has 0 fully saturated rings. The summed E-state index contributed by atoms with van der Waals surface area (Å²) in [5.74, 6) is 0.761. The van der Waals surface area contributed by atoms with E-state index in [0.717, 1.165) is 12.2 Å². The van der Waals surface area contributed by atoms with Crippen molar-refractivity contribution in [2.24, 2.45) is 0 Å². The molecule has 0 aliphatic carbocycles. The third-order valence-electron chi connectivity index (χ3n) is 3.28. The van der Waals surface area contributed by atoms with E-state index < -0.39 is 0 Å². The first-order valence-electron chi connectivity index (χ1n) is 6.65. The third-order valence-corrected chi connectivity index (χ3v) is 3.28. The Labute approximate surface area is 116 Å². The van der Waals surface area contributed by atoms with Gasteiger partial charge in [-0.25, -0.2) is 0 Å². The van der Waals surface area contributed by atoms with Gasteiger partial charge in [-0.05, 0) is 41.5 Å². The number of hydrogen-bond acceptors (Lipinski definition) is 5. The first kappa shape index (κ1) is 12.5. The molecule has 6 heteroatoms. The average Bonchev–Trinajstić information content (AvgIpc) is 2.93. The van der Waals surface area contributed by atoms with E-state index in [9.17, 15) is 0 Å². The predicted molar refractivity (Wildman–Crippen MR) is 76.4 cm³/mol. The Bertz CT molecular complexity index is 703. The van der Waals surface area contributed by atoms with Gasteiger partial charge in [-0.3, -0.25) is 0 Å². The van der Waals surface area contributed by atoms with Crippen LogP contribution in [0.3, 0.4) is 0 Å². The monoisotopic (exact) mass is 268 g/mol. The molecule has 6 nitrogen and oxygen atoms in total. The number of nitrogens with one attached hydrogen (secondary N) is 1. The average molecular weight is 268 g/mol. The summed E-state index contributed by atoms with van der Waals surface area (Å²) in [5, 5.41) is 19.0. The molecule has 0 saturated heterocycles. The van der Waals surface area contributed by atoms with Crippen molar-refractivity contribution in [2.45, 2.75) is 26.3 Å². The van der Waals surface area contributed by atoms with Gasteiger partial charge < -0.3 is 5.32 Å². The summed E-state index contributed by atoms with van der Waals surface area (Å²) in [6.07, 6.45) is 0.971. The lowest BCUT2D eigenvalue weighted by atomic mass is 10.0. The van der Waals surface area contributed by atoms with Crippen LogP contribution in [-0.2, 0) is 0 Å². The fourth-order valence-corrected chi connectivity index (χ4v) is 2.12. The van der Waals surface area contributed by atoms with E-state index in [0.29, 0.717) is 5.65 Å². The van der Waals surface area contributed by atoms with E-state index in [-0.39, 0.29) is 6.04 Å². The van der Waals surface area contributed by atoms with Gasteiger partial charge in [0, 0.05) is 0 Å². The Kier molecular flexibility index (Phi) is 3.28. The van der Waals surface area contributed by atoms with Crippen LogP contribution in [-0.4, -0.2) is 25.3 Å². The molecule has 1 aromatic carbocycles. The van der Waals surface area contributed by atoms with Crippen LogP contribution in [0.15, 0.2) is 36.4 Å². The minimum atomic E-state index is 0.219. The molecule has 0 bridgehead atoms. The van der Waals surface area contributed by atoms with Crippen LogP contribution in [0.25, 0.3) is 5.65 Å². The van der Waals surface area contributed by atoms with E-state index in [1.807, 2.05) is 12.1 Å². The zero-order valence-electron chi connectivity index (χ0n) is 11.5. The highest BCUT2D eigenvalue weighted by Gasteiger charge is 2.10. The summed E-state index contributed by atoms with van der Waals surface area (Å²) in [7, 11) is 0. The molecule has 2 heterocycles. The molecule has 3 aromatic rings. The number of fused-ring (bicyclic) bond motifs is 1. The van der Waals surface area contributed by atoms with E-state index in [1.54, 1.807) is 0 Å². The molecular weight excluding hydrogens is 252 g/mol. The largest absolute Gasteiger partial charge is 0.362 e. The fraction of sp³-hybridized carbons (Fsp3) is 0.286. The number of hydrogen-bond donors (Lipinski definition) is 1. The normalized spacial score (nSPS) is 12.5. The molecular formula is C14H16N6. The lowest BCUT2D eigenvalue weighted by Crippen LogP contribution is -2.12. The number of anilines is 1. The van der Waals surface area contributed by atoms with Gasteiger partial charge in [0.1, 0.15) is 5.82 Å². The van der Waals surface area contributed by atoms with E-state index >= 15 is 0 Å². The molecule has 1 atom stereocenters. The highest BCUT2D eigenvalue weighted by atomic mass is 15.6. The number of aryl methyl sites for hydroxylation is 1. The minimum absolute atomic E-state index is 0.219.